The molecule has 25 heavy (non-hydrogen) atoms. The Labute approximate surface area is 154 Å². The third-order valence-electron chi connectivity index (χ3n) is 4.37. The third-order valence-corrected chi connectivity index (χ3v) is 5.30. The van der Waals surface area contributed by atoms with E-state index in [1.807, 2.05) is 5.38 Å². The van der Waals surface area contributed by atoms with Crippen LogP contribution < -0.4 is 5.32 Å². The molecular formula is C17H18ClN3O3S. The van der Waals surface area contributed by atoms with Crippen LogP contribution in [-0.4, -0.2) is 35.4 Å². The second-order valence-electron chi connectivity index (χ2n) is 5.94. The Hall–Kier alpha value is -1.96. The van der Waals surface area contributed by atoms with Crippen molar-refractivity contribution in [2.45, 2.75) is 18.9 Å². The molecule has 1 atom stereocenters. The monoisotopic (exact) mass is 379 g/mol. The van der Waals surface area contributed by atoms with E-state index in [0.29, 0.717) is 11.6 Å². The summed E-state index contributed by atoms with van der Waals surface area (Å²) in [7, 11) is 0. The molecule has 1 N–H and O–H groups in total. The minimum Gasteiger partial charge on any atom is -0.350 e. The van der Waals surface area contributed by atoms with Crippen LogP contribution in [-0.2, 0) is 0 Å². The topological polar surface area (TPSA) is 75.5 Å². The predicted octanol–water partition coefficient (Wildman–Crippen LogP) is 3.88. The maximum absolute atomic E-state index is 12.5. The standard InChI is InChI=1S/C17H18ClN3O3S/c18-13-3-4-15(21(23)24)14(9-13)17(22)19-10-16(12-5-8-25-11-12)20-6-1-2-7-20/h3-5,8-9,11,16H,1-2,6-7,10H2,(H,19,22). The van der Waals surface area contributed by atoms with Crippen LogP contribution in [0.25, 0.3) is 0 Å². The Bertz CT molecular complexity index is 761. The summed E-state index contributed by atoms with van der Waals surface area (Å²) in [4.78, 5) is 25.4. The van der Waals surface area contributed by atoms with Crippen molar-refractivity contribution >= 4 is 34.5 Å². The van der Waals surface area contributed by atoms with Crippen molar-refractivity contribution in [3.8, 4) is 0 Å². The number of thiophene rings is 1. The molecule has 0 aliphatic carbocycles. The van der Waals surface area contributed by atoms with Crippen LogP contribution in [0.4, 0.5) is 5.69 Å². The minimum atomic E-state index is -0.567. The summed E-state index contributed by atoms with van der Waals surface area (Å²) in [6, 6.07) is 6.14. The lowest BCUT2D eigenvalue weighted by atomic mass is 10.1. The summed E-state index contributed by atoms with van der Waals surface area (Å²) < 4.78 is 0. The molecule has 1 amide bonds. The highest BCUT2D eigenvalue weighted by atomic mass is 35.5. The number of hydrogen-bond donors (Lipinski definition) is 1. The zero-order chi connectivity index (χ0) is 17.8. The first-order valence-electron chi connectivity index (χ1n) is 8.04. The molecule has 2 heterocycles. The van der Waals surface area contributed by atoms with E-state index in [1.54, 1.807) is 11.3 Å². The number of hydrogen-bond acceptors (Lipinski definition) is 5. The van der Waals surface area contributed by atoms with E-state index in [1.165, 1.54) is 18.2 Å². The van der Waals surface area contributed by atoms with Crippen LogP contribution >= 0.6 is 22.9 Å². The first-order valence-corrected chi connectivity index (χ1v) is 9.36. The summed E-state index contributed by atoms with van der Waals surface area (Å²) in [6.45, 7) is 2.39. The number of carbonyl (C=O) groups excluding carboxylic acids is 1. The zero-order valence-electron chi connectivity index (χ0n) is 13.5. The van der Waals surface area contributed by atoms with Gasteiger partial charge in [0.2, 0.25) is 0 Å². The number of halogens is 1. The number of rotatable bonds is 6. The molecule has 1 saturated heterocycles. The molecule has 2 aromatic rings. The fourth-order valence-electron chi connectivity index (χ4n) is 3.11. The number of nitro groups is 1. The molecule has 1 fully saturated rings. The normalized spacial score (nSPS) is 15.9. The molecule has 0 saturated carbocycles. The first kappa shape index (κ1) is 17.8. The molecule has 1 aromatic heterocycles. The van der Waals surface area contributed by atoms with Gasteiger partial charge in [-0.2, -0.15) is 11.3 Å². The Morgan fingerprint density at radius 3 is 2.76 bits per heavy atom. The molecule has 6 nitrogen and oxygen atoms in total. The predicted molar refractivity (Wildman–Crippen MR) is 98.3 cm³/mol. The van der Waals surface area contributed by atoms with Crippen molar-refractivity contribution in [2.75, 3.05) is 19.6 Å². The fraction of sp³-hybridized carbons (Fsp3) is 0.353. The summed E-state index contributed by atoms with van der Waals surface area (Å²) in [5.41, 5.74) is 0.908. The molecule has 0 radical (unpaired) electrons. The van der Waals surface area contributed by atoms with Gasteiger partial charge in [-0.1, -0.05) is 11.6 Å². The van der Waals surface area contributed by atoms with E-state index in [2.05, 4.69) is 21.7 Å². The molecule has 1 aromatic carbocycles. The Morgan fingerprint density at radius 2 is 2.12 bits per heavy atom. The summed E-state index contributed by atoms with van der Waals surface area (Å²) in [6.07, 6.45) is 2.29. The number of carbonyl (C=O) groups is 1. The minimum absolute atomic E-state index is 0.0111. The average Bonchev–Trinajstić information content (AvgIpc) is 3.28. The van der Waals surface area contributed by atoms with E-state index >= 15 is 0 Å². The van der Waals surface area contributed by atoms with E-state index in [0.717, 1.165) is 31.5 Å². The van der Waals surface area contributed by atoms with Gasteiger partial charge in [-0.25, -0.2) is 0 Å². The summed E-state index contributed by atoms with van der Waals surface area (Å²) in [5.74, 6) is -0.478. The number of nitrogens with one attached hydrogen (secondary N) is 1. The summed E-state index contributed by atoms with van der Waals surface area (Å²) >= 11 is 7.52. The molecule has 132 valence electrons. The van der Waals surface area contributed by atoms with Crippen LogP contribution in [0.3, 0.4) is 0 Å². The fourth-order valence-corrected chi connectivity index (χ4v) is 3.99. The van der Waals surface area contributed by atoms with Gasteiger partial charge in [0, 0.05) is 17.6 Å². The molecule has 8 heteroatoms. The quantitative estimate of drug-likeness (QED) is 0.610. The molecule has 0 spiro atoms. The van der Waals surface area contributed by atoms with Gasteiger partial charge >= 0.3 is 0 Å². The Kier molecular flexibility index (Phi) is 5.67. The van der Waals surface area contributed by atoms with Crippen molar-refractivity contribution < 1.29 is 9.72 Å². The second kappa shape index (κ2) is 7.95. The van der Waals surface area contributed by atoms with Crippen molar-refractivity contribution in [3.05, 3.63) is 61.3 Å². The van der Waals surface area contributed by atoms with E-state index in [-0.39, 0.29) is 17.3 Å². The highest BCUT2D eigenvalue weighted by Crippen LogP contribution is 2.27. The third kappa shape index (κ3) is 4.18. The zero-order valence-corrected chi connectivity index (χ0v) is 15.1. The number of nitrogens with zero attached hydrogens (tertiary/aromatic N) is 2. The smallest absolute Gasteiger partial charge is 0.282 e. The van der Waals surface area contributed by atoms with Gasteiger partial charge < -0.3 is 5.32 Å². The molecule has 0 bridgehead atoms. The number of amides is 1. The first-order chi connectivity index (χ1) is 12.1. The molecule has 1 aliphatic rings. The summed E-state index contributed by atoms with van der Waals surface area (Å²) in [5, 5.41) is 18.4. The van der Waals surface area contributed by atoms with Crippen molar-refractivity contribution in [2.24, 2.45) is 0 Å². The molecule has 1 aliphatic heterocycles. The van der Waals surface area contributed by atoms with E-state index in [9.17, 15) is 14.9 Å². The van der Waals surface area contributed by atoms with Crippen LogP contribution in [0, 0.1) is 10.1 Å². The highest BCUT2D eigenvalue weighted by Gasteiger charge is 2.26. The highest BCUT2D eigenvalue weighted by molar-refractivity contribution is 7.07. The van der Waals surface area contributed by atoms with Gasteiger partial charge in [0.15, 0.2) is 0 Å². The number of benzene rings is 1. The van der Waals surface area contributed by atoms with Crippen LogP contribution in [0.2, 0.25) is 5.02 Å². The van der Waals surface area contributed by atoms with E-state index in [4.69, 9.17) is 11.6 Å². The maximum atomic E-state index is 12.5. The van der Waals surface area contributed by atoms with Gasteiger partial charge in [-0.15, -0.1) is 0 Å². The second-order valence-corrected chi connectivity index (χ2v) is 7.16. The van der Waals surface area contributed by atoms with E-state index < -0.39 is 10.8 Å². The molecule has 3 rings (SSSR count). The maximum Gasteiger partial charge on any atom is 0.282 e. The van der Waals surface area contributed by atoms with Gasteiger partial charge in [-0.3, -0.25) is 19.8 Å². The van der Waals surface area contributed by atoms with Crippen LogP contribution in [0.1, 0.15) is 34.8 Å². The lowest BCUT2D eigenvalue weighted by Crippen LogP contribution is -2.36. The Morgan fingerprint density at radius 1 is 1.36 bits per heavy atom. The van der Waals surface area contributed by atoms with Crippen molar-refractivity contribution in [3.63, 3.8) is 0 Å². The SMILES string of the molecule is O=C(NCC(c1ccsc1)N1CCCC1)c1cc(Cl)ccc1[N+](=O)[O-]. The van der Waals surface area contributed by atoms with Crippen LogP contribution in [0.15, 0.2) is 35.0 Å². The lowest BCUT2D eigenvalue weighted by molar-refractivity contribution is -0.385. The molecule has 1 unspecified atom stereocenters. The van der Waals surface area contributed by atoms with Crippen molar-refractivity contribution in [1.82, 2.24) is 10.2 Å². The van der Waals surface area contributed by atoms with Crippen LogP contribution in [0.5, 0.6) is 0 Å². The van der Waals surface area contributed by atoms with Gasteiger partial charge in [0.25, 0.3) is 11.6 Å². The number of likely N-dealkylation sites (tertiary alicyclic amines) is 1. The molecular weight excluding hydrogens is 362 g/mol. The van der Waals surface area contributed by atoms with Gasteiger partial charge in [0.1, 0.15) is 5.56 Å². The van der Waals surface area contributed by atoms with Gasteiger partial charge in [0.05, 0.1) is 11.0 Å². The lowest BCUT2D eigenvalue weighted by Gasteiger charge is -2.27. The largest absolute Gasteiger partial charge is 0.350 e. The average molecular weight is 380 g/mol. The van der Waals surface area contributed by atoms with Gasteiger partial charge in [-0.05, 0) is 60.5 Å². The number of nitro benzene ring substituents is 1. The van der Waals surface area contributed by atoms with Crippen molar-refractivity contribution in [1.29, 1.82) is 0 Å². The Balaban J connectivity index is 1.76.